The molecule has 0 radical (unpaired) electrons. The second kappa shape index (κ2) is 6.62. The fraction of sp³-hybridized carbons (Fsp3) is 0.375. The molecule has 0 rings (SSSR count). The average molecular weight is 155 g/mol. The van der Waals surface area contributed by atoms with E-state index >= 15 is 0 Å². The zero-order valence-corrected chi connectivity index (χ0v) is 7.32. The third-order valence-electron chi connectivity index (χ3n) is 0.928. The number of nitrogens with zero attached hydrogens (tertiary/aromatic N) is 1. The molecule has 0 atom stereocenters. The van der Waals surface area contributed by atoms with Gasteiger partial charge in [0.05, 0.1) is 0 Å². The first kappa shape index (κ1) is 9.50. The third-order valence-corrected chi connectivity index (χ3v) is 1.90. The highest BCUT2D eigenvalue weighted by Gasteiger charge is 1.88. The van der Waals surface area contributed by atoms with E-state index in [0.29, 0.717) is 0 Å². The van der Waals surface area contributed by atoms with Crippen molar-refractivity contribution >= 4 is 18.2 Å². The molecule has 1 nitrogen and oxygen atoms in total. The Bertz CT molecular complexity index is 147. The molecule has 0 aliphatic rings. The van der Waals surface area contributed by atoms with E-state index in [1.54, 1.807) is 12.3 Å². The topological polar surface area (TPSA) is 12.4 Å². The first-order valence-electron chi connectivity index (χ1n) is 3.31. The van der Waals surface area contributed by atoms with Crippen LogP contribution in [0.4, 0.5) is 0 Å². The Hall–Kier alpha value is -0.500. The van der Waals surface area contributed by atoms with E-state index in [2.05, 4.69) is 17.9 Å². The molecule has 56 valence electrons. The largest absolute Gasteiger partial charge is 0.224 e. The molecule has 0 saturated heterocycles. The van der Waals surface area contributed by atoms with Crippen LogP contribution in [-0.2, 0) is 0 Å². The molecule has 0 unspecified atom stereocenters. The minimum Gasteiger partial charge on any atom is -0.224 e. The summed E-state index contributed by atoms with van der Waals surface area (Å²) in [6.07, 6.45) is 6.58. The van der Waals surface area contributed by atoms with Crippen LogP contribution >= 0.6 is 11.9 Å². The van der Waals surface area contributed by atoms with Crippen molar-refractivity contribution in [3.8, 4) is 0 Å². The lowest BCUT2D eigenvalue weighted by molar-refractivity contribution is 1.20. The minimum atomic E-state index is 1.02. The molecule has 0 aromatic carbocycles. The van der Waals surface area contributed by atoms with Gasteiger partial charge in [0.15, 0.2) is 0 Å². The maximum atomic E-state index is 4.04. The molecule has 2 heteroatoms. The predicted molar refractivity (Wildman–Crippen MR) is 50.3 cm³/mol. The number of hydrogen-bond donors (Lipinski definition) is 0. The summed E-state index contributed by atoms with van der Waals surface area (Å²) < 4.78 is 4.04. The molecule has 0 fully saturated rings. The Morgan fingerprint density at radius 3 is 2.80 bits per heavy atom. The van der Waals surface area contributed by atoms with Crippen molar-refractivity contribution < 1.29 is 0 Å². The van der Waals surface area contributed by atoms with Crippen LogP contribution in [0, 0.1) is 0 Å². The highest BCUT2D eigenvalue weighted by atomic mass is 32.2. The first-order chi connectivity index (χ1) is 4.85. The zero-order valence-electron chi connectivity index (χ0n) is 6.50. The Labute approximate surface area is 67.1 Å². The normalized spacial score (nSPS) is 12.4. The summed E-state index contributed by atoms with van der Waals surface area (Å²) in [6, 6.07) is 0. The lowest BCUT2D eigenvalue weighted by Gasteiger charge is -1.94. The van der Waals surface area contributed by atoms with Crippen molar-refractivity contribution in [2.75, 3.05) is 0 Å². The van der Waals surface area contributed by atoms with Gasteiger partial charge in [-0.2, -0.15) is 0 Å². The Morgan fingerprint density at radius 1 is 1.70 bits per heavy atom. The fourth-order valence-electron chi connectivity index (χ4n) is 0.465. The molecule has 0 aliphatic carbocycles. The van der Waals surface area contributed by atoms with Gasteiger partial charge in [-0.15, -0.1) is 0 Å². The van der Waals surface area contributed by atoms with Gasteiger partial charge in [0.2, 0.25) is 0 Å². The van der Waals surface area contributed by atoms with Crippen LogP contribution in [0.3, 0.4) is 0 Å². The lowest BCUT2D eigenvalue weighted by atomic mass is 10.4. The fourth-order valence-corrected chi connectivity index (χ4v) is 0.992. The van der Waals surface area contributed by atoms with Crippen molar-refractivity contribution in [2.45, 2.75) is 20.3 Å². The van der Waals surface area contributed by atoms with E-state index < -0.39 is 0 Å². The molecule has 0 spiro atoms. The molecule has 0 aromatic rings. The number of allylic oxidation sites excluding steroid dienone is 3. The Kier molecular flexibility index (Phi) is 6.29. The first-order valence-corrected chi connectivity index (χ1v) is 4.09. The van der Waals surface area contributed by atoms with Gasteiger partial charge in [-0.05, 0) is 13.3 Å². The van der Waals surface area contributed by atoms with Crippen LogP contribution in [0.2, 0.25) is 0 Å². The molecular formula is C8H13NS. The minimum absolute atomic E-state index is 1.02. The molecule has 0 heterocycles. The van der Waals surface area contributed by atoms with Gasteiger partial charge in [0.25, 0.3) is 0 Å². The SMILES string of the molecule is C=C/C=C(\CC)SN=CC. The van der Waals surface area contributed by atoms with Crippen molar-refractivity contribution in [2.24, 2.45) is 4.40 Å². The molecular weight excluding hydrogens is 142 g/mol. The van der Waals surface area contributed by atoms with Crippen LogP contribution < -0.4 is 0 Å². The molecule has 0 aliphatic heterocycles. The van der Waals surface area contributed by atoms with Crippen molar-refractivity contribution in [3.05, 3.63) is 23.6 Å². The molecule has 0 N–H and O–H groups in total. The predicted octanol–water partition coefficient (Wildman–Crippen LogP) is 3.21. The summed E-state index contributed by atoms with van der Waals surface area (Å²) in [6.45, 7) is 7.63. The molecule has 0 amide bonds. The summed E-state index contributed by atoms with van der Waals surface area (Å²) >= 11 is 1.51. The summed E-state index contributed by atoms with van der Waals surface area (Å²) in [5.74, 6) is 0. The smallest absolute Gasteiger partial charge is 0.00988 e. The second-order valence-electron chi connectivity index (χ2n) is 1.68. The van der Waals surface area contributed by atoms with E-state index in [0.717, 1.165) is 6.42 Å². The molecule has 10 heavy (non-hydrogen) atoms. The molecule has 0 aromatic heterocycles. The van der Waals surface area contributed by atoms with Gasteiger partial charge < -0.3 is 0 Å². The summed E-state index contributed by atoms with van der Waals surface area (Å²) in [7, 11) is 0. The maximum Gasteiger partial charge on any atom is 0.00988 e. The molecule has 0 saturated carbocycles. The van der Waals surface area contributed by atoms with Crippen LogP contribution in [0.25, 0.3) is 0 Å². The van der Waals surface area contributed by atoms with Gasteiger partial charge in [-0.25, -0.2) is 4.40 Å². The average Bonchev–Trinajstić information content (AvgIpc) is 1.98. The second-order valence-corrected chi connectivity index (χ2v) is 2.59. The Morgan fingerprint density at radius 2 is 2.40 bits per heavy atom. The van der Waals surface area contributed by atoms with Crippen molar-refractivity contribution in [1.82, 2.24) is 0 Å². The van der Waals surface area contributed by atoms with Gasteiger partial charge in [0.1, 0.15) is 0 Å². The van der Waals surface area contributed by atoms with Gasteiger partial charge in [-0.1, -0.05) is 25.7 Å². The van der Waals surface area contributed by atoms with Gasteiger partial charge >= 0.3 is 0 Å². The molecule has 0 bridgehead atoms. The summed E-state index contributed by atoms with van der Waals surface area (Å²) in [5.41, 5.74) is 0. The maximum absolute atomic E-state index is 4.04. The standard InChI is InChI=1S/C8H13NS/c1-4-7-8(5-2)10-9-6-3/h4,6-7H,1,5H2,2-3H3/b8-7+,9-6?. The van der Waals surface area contributed by atoms with Gasteiger partial charge in [0, 0.05) is 23.1 Å². The van der Waals surface area contributed by atoms with E-state index in [4.69, 9.17) is 0 Å². The highest BCUT2D eigenvalue weighted by molar-refractivity contribution is 8.01. The highest BCUT2D eigenvalue weighted by Crippen LogP contribution is 2.19. The Balaban J connectivity index is 3.82. The van der Waals surface area contributed by atoms with Crippen LogP contribution in [0.1, 0.15) is 20.3 Å². The third kappa shape index (κ3) is 4.39. The summed E-state index contributed by atoms with van der Waals surface area (Å²) in [4.78, 5) is 1.24. The monoisotopic (exact) mass is 155 g/mol. The van der Waals surface area contributed by atoms with Crippen LogP contribution in [0.15, 0.2) is 28.0 Å². The quantitative estimate of drug-likeness (QED) is 0.345. The van der Waals surface area contributed by atoms with E-state index in [1.165, 1.54) is 16.9 Å². The zero-order chi connectivity index (χ0) is 7.82. The van der Waals surface area contributed by atoms with E-state index in [9.17, 15) is 0 Å². The van der Waals surface area contributed by atoms with Crippen molar-refractivity contribution in [3.63, 3.8) is 0 Å². The van der Waals surface area contributed by atoms with E-state index in [1.807, 2.05) is 13.0 Å². The van der Waals surface area contributed by atoms with Crippen LogP contribution in [0.5, 0.6) is 0 Å². The van der Waals surface area contributed by atoms with E-state index in [-0.39, 0.29) is 0 Å². The number of hydrogen-bond acceptors (Lipinski definition) is 2. The van der Waals surface area contributed by atoms with Crippen LogP contribution in [-0.4, -0.2) is 6.21 Å². The van der Waals surface area contributed by atoms with Gasteiger partial charge in [-0.3, -0.25) is 0 Å². The summed E-state index contributed by atoms with van der Waals surface area (Å²) in [5, 5.41) is 0. The lowest BCUT2D eigenvalue weighted by Crippen LogP contribution is -1.68. The van der Waals surface area contributed by atoms with Crippen molar-refractivity contribution in [1.29, 1.82) is 0 Å². The number of rotatable bonds is 4.